The predicted molar refractivity (Wildman–Crippen MR) is 76.5 cm³/mol. The lowest BCUT2D eigenvalue weighted by Crippen LogP contribution is -1.99. The molecule has 3 heteroatoms. The third-order valence-electron chi connectivity index (χ3n) is 4.10. The largest absolute Gasteiger partial charge is 0.233 e. The summed E-state index contributed by atoms with van der Waals surface area (Å²) in [5, 5.41) is 0.656. The zero-order valence-corrected chi connectivity index (χ0v) is 11.5. The SMILES string of the molecule is Clc1nc(-c2ccccc2C2CC2)nc2c1CCC2. The molecule has 0 N–H and O–H groups in total. The lowest BCUT2D eigenvalue weighted by Gasteiger charge is -2.09. The second-order valence-electron chi connectivity index (χ2n) is 5.48. The zero-order chi connectivity index (χ0) is 12.8. The Labute approximate surface area is 117 Å². The summed E-state index contributed by atoms with van der Waals surface area (Å²) in [7, 11) is 0. The molecular formula is C16H15ClN2. The molecule has 1 saturated carbocycles. The molecule has 2 nitrogen and oxygen atoms in total. The normalized spacial score (nSPS) is 17.5. The molecule has 1 fully saturated rings. The molecule has 0 amide bonds. The molecule has 19 heavy (non-hydrogen) atoms. The van der Waals surface area contributed by atoms with Crippen molar-refractivity contribution in [3.8, 4) is 11.4 Å². The van der Waals surface area contributed by atoms with Gasteiger partial charge in [0.25, 0.3) is 0 Å². The fourth-order valence-corrected chi connectivity index (χ4v) is 3.24. The van der Waals surface area contributed by atoms with Crippen LogP contribution < -0.4 is 0 Å². The number of rotatable bonds is 2. The van der Waals surface area contributed by atoms with E-state index < -0.39 is 0 Å². The van der Waals surface area contributed by atoms with Crippen molar-refractivity contribution >= 4 is 11.6 Å². The van der Waals surface area contributed by atoms with Gasteiger partial charge in [-0.15, -0.1) is 0 Å². The van der Waals surface area contributed by atoms with Crippen molar-refractivity contribution in [3.05, 3.63) is 46.2 Å². The van der Waals surface area contributed by atoms with Gasteiger partial charge < -0.3 is 0 Å². The molecule has 4 rings (SSSR count). The lowest BCUT2D eigenvalue weighted by molar-refractivity contribution is 0.899. The molecule has 0 radical (unpaired) electrons. The number of hydrogen-bond acceptors (Lipinski definition) is 2. The molecule has 0 unspecified atom stereocenters. The lowest BCUT2D eigenvalue weighted by atomic mass is 10.0. The summed E-state index contributed by atoms with van der Waals surface area (Å²) in [5.41, 5.74) is 4.87. The third-order valence-corrected chi connectivity index (χ3v) is 4.41. The predicted octanol–water partition coefficient (Wildman–Crippen LogP) is 4.16. The van der Waals surface area contributed by atoms with E-state index in [2.05, 4.69) is 29.2 Å². The van der Waals surface area contributed by atoms with Gasteiger partial charge in [0, 0.05) is 16.8 Å². The minimum absolute atomic E-state index is 0.656. The van der Waals surface area contributed by atoms with Crippen molar-refractivity contribution in [1.29, 1.82) is 0 Å². The van der Waals surface area contributed by atoms with Gasteiger partial charge in [0.15, 0.2) is 5.82 Å². The number of hydrogen-bond donors (Lipinski definition) is 0. The van der Waals surface area contributed by atoms with Gasteiger partial charge in [-0.05, 0) is 43.6 Å². The summed E-state index contributed by atoms with van der Waals surface area (Å²) in [6.07, 6.45) is 5.79. The van der Waals surface area contributed by atoms with Gasteiger partial charge >= 0.3 is 0 Å². The van der Waals surface area contributed by atoms with E-state index in [4.69, 9.17) is 16.6 Å². The third kappa shape index (κ3) is 1.95. The summed E-state index contributed by atoms with van der Waals surface area (Å²) in [4.78, 5) is 9.30. The molecule has 2 aliphatic carbocycles. The minimum Gasteiger partial charge on any atom is -0.233 e. The minimum atomic E-state index is 0.656. The quantitative estimate of drug-likeness (QED) is 0.766. The van der Waals surface area contributed by atoms with E-state index in [9.17, 15) is 0 Å². The van der Waals surface area contributed by atoms with Gasteiger partial charge in [0.05, 0.1) is 0 Å². The Kier molecular flexibility index (Phi) is 2.59. The Hall–Kier alpha value is -1.41. The highest BCUT2D eigenvalue weighted by atomic mass is 35.5. The number of fused-ring (bicyclic) bond motifs is 1. The second-order valence-corrected chi connectivity index (χ2v) is 5.84. The van der Waals surface area contributed by atoms with E-state index in [1.54, 1.807) is 0 Å². The van der Waals surface area contributed by atoms with Crippen LogP contribution in [-0.2, 0) is 12.8 Å². The maximum Gasteiger partial charge on any atom is 0.161 e. The first-order valence-corrected chi connectivity index (χ1v) is 7.35. The van der Waals surface area contributed by atoms with E-state index in [0.717, 1.165) is 36.3 Å². The number of halogens is 1. The average Bonchev–Trinajstić information content (AvgIpc) is 3.17. The number of nitrogens with zero attached hydrogens (tertiary/aromatic N) is 2. The zero-order valence-electron chi connectivity index (χ0n) is 10.7. The van der Waals surface area contributed by atoms with E-state index in [0.29, 0.717) is 11.1 Å². The Morgan fingerprint density at radius 2 is 1.89 bits per heavy atom. The molecule has 0 aliphatic heterocycles. The van der Waals surface area contributed by atoms with Crippen LogP contribution in [0.3, 0.4) is 0 Å². The van der Waals surface area contributed by atoms with Gasteiger partial charge in [-0.2, -0.15) is 0 Å². The number of aryl methyl sites for hydroxylation is 1. The van der Waals surface area contributed by atoms with Crippen LogP contribution >= 0.6 is 11.6 Å². The Bertz CT molecular complexity index is 647. The van der Waals surface area contributed by atoms with Crippen LogP contribution in [0.4, 0.5) is 0 Å². The van der Waals surface area contributed by atoms with Crippen LogP contribution in [0.2, 0.25) is 5.15 Å². The molecule has 0 saturated heterocycles. The second kappa shape index (κ2) is 4.31. The highest BCUT2D eigenvalue weighted by Gasteiger charge is 2.27. The van der Waals surface area contributed by atoms with Crippen LogP contribution in [0.1, 0.15) is 42.0 Å². The van der Waals surface area contributed by atoms with Crippen molar-refractivity contribution < 1.29 is 0 Å². The van der Waals surface area contributed by atoms with Gasteiger partial charge in [0.2, 0.25) is 0 Å². The van der Waals surface area contributed by atoms with Crippen molar-refractivity contribution in [2.75, 3.05) is 0 Å². The van der Waals surface area contributed by atoms with Crippen molar-refractivity contribution in [2.24, 2.45) is 0 Å². The van der Waals surface area contributed by atoms with Crippen LogP contribution in [0.25, 0.3) is 11.4 Å². The van der Waals surface area contributed by atoms with Crippen molar-refractivity contribution in [3.63, 3.8) is 0 Å². The highest BCUT2D eigenvalue weighted by Crippen LogP contribution is 2.44. The molecule has 0 spiro atoms. The maximum atomic E-state index is 6.32. The number of benzene rings is 1. The molecule has 2 aromatic rings. The Balaban J connectivity index is 1.87. The van der Waals surface area contributed by atoms with Crippen LogP contribution in [-0.4, -0.2) is 9.97 Å². The van der Waals surface area contributed by atoms with Crippen molar-refractivity contribution in [1.82, 2.24) is 9.97 Å². The van der Waals surface area contributed by atoms with Crippen LogP contribution in [0.15, 0.2) is 24.3 Å². The molecule has 96 valence electrons. The fourth-order valence-electron chi connectivity index (χ4n) is 2.96. The first-order chi connectivity index (χ1) is 9.33. The highest BCUT2D eigenvalue weighted by molar-refractivity contribution is 6.30. The van der Waals surface area contributed by atoms with Gasteiger partial charge in [-0.3, -0.25) is 0 Å². The standard InChI is InChI=1S/C16H15ClN2/c17-15-13-6-3-7-14(13)18-16(19-15)12-5-2-1-4-11(12)10-8-9-10/h1-2,4-5,10H,3,6-9H2. The van der Waals surface area contributed by atoms with E-state index in [1.165, 1.54) is 24.0 Å². The van der Waals surface area contributed by atoms with Crippen molar-refractivity contribution in [2.45, 2.75) is 38.0 Å². The molecule has 2 aliphatic rings. The average molecular weight is 271 g/mol. The maximum absolute atomic E-state index is 6.32. The Morgan fingerprint density at radius 3 is 2.74 bits per heavy atom. The fraction of sp³-hybridized carbons (Fsp3) is 0.375. The Morgan fingerprint density at radius 1 is 1.05 bits per heavy atom. The molecule has 1 aromatic carbocycles. The smallest absolute Gasteiger partial charge is 0.161 e. The summed E-state index contributed by atoms with van der Waals surface area (Å²) in [6.45, 7) is 0. The summed E-state index contributed by atoms with van der Waals surface area (Å²) < 4.78 is 0. The van der Waals surface area contributed by atoms with E-state index in [1.807, 2.05) is 0 Å². The first kappa shape index (κ1) is 11.4. The monoisotopic (exact) mass is 270 g/mol. The van der Waals surface area contributed by atoms with E-state index >= 15 is 0 Å². The summed E-state index contributed by atoms with van der Waals surface area (Å²) in [6, 6.07) is 8.50. The molecular weight excluding hydrogens is 256 g/mol. The van der Waals surface area contributed by atoms with Gasteiger partial charge in [-0.25, -0.2) is 9.97 Å². The van der Waals surface area contributed by atoms with E-state index in [-0.39, 0.29) is 0 Å². The molecule has 0 bridgehead atoms. The molecule has 0 atom stereocenters. The molecule has 1 aromatic heterocycles. The van der Waals surface area contributed by atoms with Gasteiger partial charge in [0.1, 0.15) is 5.15 Å². The number of aromatic nitrogens is 2. The van der Waals surface area contributed by atoms with Crippen LogP contribution in [0, 0.1) is 0 Å². The van der Waals surface area contributed by atoms with Crippen LogP contribution in [0.5, 0.6) is 0 Å². The summed E-state index contributed by atoms with van der Waals surface area (Å²) >= 11 is 6.32. The molecule has 1 heterocycles. The first-order valence-electron chi connectivity index (χ1n) is 6.97. The topological polar surface area (TPSA) is 25.8 Å². The van der Waals surface area contributed by atoms with Gasteiger partial charge in [-0.1, -0.05) is 35.9 Å². The summed E-state index contributed by atoms with van der Waals surface area (Å²) in [5.74, 6) is 1.51.